The van der Waals surface area contributed by atoms with Gasteiger partial charge >= 0.3 is 0 Å². The molecule has 0 atom stereocenters. The summed E-state index contributed by atoms with van der Waals surface area (Å²) in [6.45, 7) is 9.61. The summed E-state index contributed by atoms with van der Waals surface area (Å²) in [5.74, 6) is -2.82. The van der Waals surface area contributed by atoms with Crippen LogP contribution in [0, 0.1) is 0 Å². The smallest absolute Gasteiger partial charge is 0.285 e. The SMILES string of the molecule is CC(C)NCC(F)(F)c1ccc(C(C)(C)C)cc1. The van der Waals surface area contributed by atoms with E-state index in [1.54, 1.807) is 12.1 Å². The lowest BCUT2D eigenvalue weighted by Crippen LogP contribution is -2.34. The number of benzene rings is 1. The molecule has 18 heavy (non-hydrogen) atoms. The lowest BCUT2D eigenvalue weighted by atomic mass is 9.86. The molecule has 0 heterocycles. The van der Waals surface area contributed by atoms with Gasteiger partial charge in [-0.25, -0.2) is 0 Å². The number of hydrogen-bond donors (Lipinski definition) is 1. The van der Waals surface area contributed by atoms with E-state index in [0.29, 0.717) is 0 Å². The van der Waals surface area contributed by atoms with E-state index in [1.807, 2.05) is 13.8 Å². The Hall–Kier alpha value is -0.960. The molecule has 0 unspecified atom stereocenters. The molecule has 1 aromatic rings. The summed E-state index contributed by atoms with van der Waals surface area (Å²) in [5.41, 5.74) is 1.13. The third-order valence-electron chi connectivity index (χ3n) is 2.91. The van der Waals surface area contributed by atoms with Crippen LogP contribution in [0.4, 0.5) is 8.78 Å². The molecule has 0 aliphatic heterocycles. The summed E-state index contributed by atoms with van der Waals surface area (Å²) in [7, 11) is 0. The Balaban J connectivity index is 2.84. The van der Waals surface area contributed by atoms with Gasteiger partial charge in [0, 0.05) is 11.6 Å². The highest BCUT2D eigenvalue weighted by atomic mass is 19.3. The van der Waals surface area contributed by atoms with Crippen LogP contribution < -0.4 is 5.32 Å². The fraction of sp³-hybridized carbons (Fsp3) is 0.600. The van der Waals surface area contributed by atoms with Crippen LogP contribution in [-0.4, -0.2) is 12.6 Å². The van der Waals surface area contributed by atoms with Crippen molar-refractivity contribution in [3.05, 3.63) is 35.4 Å². The number of alkyl halides is 2. The number of rotatable bonds is 4. The van der Waals surface area contributed by atoms with Gasteiger partial charge in [-0.15, -0.1) is 0 Å². The fourth-order valence-electron chi connectivity index (χ4n) is 1.65. The molecule has 0 aliphatic rings. The van der Waals surface area contributed by atoms with E-state index in [2.05, 4.69) is 26.1 Å². The quantitative estimate of drug-likeness (QED) is 0.855. The molecule has 0 saturated heterocycles. The highest BCUT2D eigenvalue weighted by Gasteiger charge is 2.31. The Labute approximate surface area is 109 Å². The minimum atomic E-state index is -2.82. The lowest BCUT2D eigenvalue weighted by Gasteiger charge is -2.22. The van der Waals surface area contributed by atoms with Crippen LogP contribution in [0.15, 0.2) is 24.3 Å². The molecule has 0 radical (unpaired) electrons. The highest BCUT2D eigenvalue weighted by molar-refractivity contribution is 5.30. The average molecular weight is 255 g/mol. The monoisotopic (exact) mass is 255 g/mol. The number of hydrogen-bond acceptors (Lipinski definition) is 1. The first-order valence-corrected chi connectivity index (χ1v) is 6.35. The Morgan fingerprint density at radius 1 is 1.00 bits per heavy atom. The minimum Gasteiger partial charge on any atom is -0.309 e. The summed E-state index contributed by atoms with van der Waals surface area (Å²) < 4.78 is 27.8. The van der Waals surface area contributed by atoms with Gasteiger partial charge in [0.1, 0.15) is 0 Å². The number of nitrogens with one attached hydrogen (secondary N) is 1. The minimum absolute atomic E-state index is 0.00992. The second-order valence-corrected chi connectivity index (χ2v) is 6.07. The predicted molar refractivity (Wildman–Crippen MR) is 72.2 cm³/mol. The van der Waals surface area contributed by atoms with Crippen LogP contribution >= 0.6 is 0 Å². The van der Waals surface area contributed by atoms with E-state index < -0.39 is 5.92 Å². The zero-order valence-corrected chi connectivity index (χ0v) is 11.8. The Morgan fingerprint density at radius 3 is 1.83 bits per heavy atom. The Morgan fingerprint density at radius 2 is 1.44 bits per heavy atom. The molecular formula is C15H23F2N. The van der Waals surface area contributed by atoms with Crippen molar-refractivity contribution in [1.29, 1.82) is 0 Å². The van der Waals surface area contributed by atoms with Gasteiger partial charge in [0.05, 0.1) is 6.54 Å². The highest BCUT2D eigenvalue weighted by Crippen LogP contribution is 2.30. The van der Waals surface area contributed by atoms with Crippen LogP contribution in [0.5, 0.6) is 0 Å². The van der Waals surface area contributed by atoms with E-state index in [4.69, 9.17) is 0 Å². The van der Waals surface area contributed by atoms with E-state index in [1.165, 1.54) is 12.1 Å². The van der Waals surface area contributed by atoms with Crippen LogP contribution in [0.2, 0.25) is 0 Å². The van der Waals surface area contributed by atoms with E-state index in [9.17, 15) is 8.78 Å². The summed E-state index contributed by atoms with van der Waals surface area (Å²) in [4.78, 5) is 0. The first kappa shape index (κ1) is 15.1. The van der Waals surface area contributed by atoms with Gasteiger partial charge in [-0.05, 0) is 11.0 Å². The summed E-state index contributed by atoms with van der Waals surface area (Å²) in [5, 5.41) is 2.78. The van der Waals surface area contributed by atoms with Crippen molar-refractivity contribution in [2.45, 2.75) is 52.0 Å². The molecule has 1 N–H and O–H groups in total. The largest absolute Gasteiger partial charge is 0.309 e. The van der Waals surface area contributed by atoms with Gasteiger partial charge in [-0.3, -0.25) is 0 Å². The van der Waals surface area contributed by atoms with Gasteiger partial charge in [0.25, 0.3) is 5.92 Å². The molecule has 0 saturated carbocycles. The van der Waals surface area contributed by atoms with Gasteiger partial charge in [-0.1, -0.05) is 58.9 Å². The van der Waals surface area contributed by atoms with Gasteiger partial charge in [0.2, 0.25) is 0 Å². The molecule has 0 aromatic heterocycles. The zero-order valence-electron chi connectivity index (χ0n) is 11.8. The van der Waals surface area contributed by atoms with Crippen molar-refractivity contribution in [2.75, 3.05) is 6.54 Å². The second kappa shape index (κ2) is 5.35. The van der Waals surface area contributed by atoms with Crippen molar-refractivity contribution in [3.63, 3.8) is 0 Å². The molecule has 0 bridgehead atoms. The van der Waals surface area contributed by atoms with E-state index in [-0.39, 0.29) is 23.6 Å². The van der Waals surface area contributed by atoms with E-state index in [0.717, 1.165) is 5.56 Å². The van der Waals surface area contributed by atoms with Crippen molar-refractivity contribution < 1.29 is 8.78 Å². The van der Waals surface area contributed by atoms with Gasteiger partial charge < -0.3 is 5.32 Å². The molecule has 1 rings (SSSR count). The van der Waals surface area contributed by atoms with Gasteiger partial charge in [0.15, 0.2) is 0 Å². The third kappa shape index (κ3) is 4.05. The molecule has 1 nitrogen and oxygen atoms in total. The van der Waals surface area contributed by atoms with Crippen LogP contribution in [0.1, 0.15) is 45.7 Å². The zero-order chi connectivity index (χ0) is 14.0. The maximum absolute atomic E-state index is 13.9. The second-order valence-electron chi connectivity index (χ2n) is 6.07. The van der Waals surface area contributed by atoms with Crippen LogP contribution in [-0.2, 0) is 11.3 Å². The molecule has 0 spiro atoms. The summed E-state index contributed by atoms with van der Waals surface area (Å²) in [6, 6.07) is 6.70. The molecular weight excluding hydrogens is 232 g/mol. The summed E-state index contributed by atoms with van der Waals surface area (Å²) in [6.07, 6.45) is 0. The normalized spacial score (nSPS) is 13.1. The Bertz CT molecular complexity index is 374. The van der Waals surface area contributed by atoms with Gasteiger partial charge in [-0.2, -0.15) is 8.78 Å². The summed E-state index contributed by atoms with van der Waals surface area (Å²) >= 11 is 0. The van der Waals surface area contributed by atoms with Crippen LogP contribution in [0.25, 0.3) is 0 Å². The van der Waals surface area contributed by atoms with Crippen molar-refractivity contribution in [1.82, 2.24) is 5.32 Å². The molecule has 0 fully saturated rings. The average Bonchev–Trinajstić information content (AvgIpc) is 2.26. The standard InChI is InChI=1S/C15H23F2N/c1-11(2)18-10-15(16,17)13-8-6-12(7-9-13)14(3,4)5/h6-9,11,18H,10H2,1-5H3. The third-order valence-corrected chi connectivity index (χ3v) is 2.91. The molecule has 0 aliphatic carbocycles. The molecule has 3 heteroatoms. The molecule has 0 amide bonds. The van der Waals surface area contributed by atoms with E-state index >= 15 is 0 Å². The maximum Gasteiger partial charge on any atom is 0.285 e. The molecule has 1 aromatic carbocycles. The molecule has 102 valence electrons. The van der Waals surface area contributed by atoms with Crippen molar-refractivity contribution >= 4 is 0 Å². The number of halogens is 2. The Kier molecular flexibility index (Phi) is 4.49. The van der Waals surface area contributed by atoms with Crippen molar-refractivity contribution in [3.8, 4) is 0 Å². The first-order chi connectivity index (χ1) is 8.13. The van der Waals surface area contributed by atoms with Crippen LogP contribution in [0.3, 0.4) is 0 Å². The lowest BCUT2D eigenvalue weighted by molar-refractivity contribution is -0.00486. The predicted octanol–water partition coefficient (Wildman–Crippen LogP) is 4.07. The van der Waals surface area contributed by atoms with Crippen molar-refractivity contribution in [2.24, 2.45) is 0 Å². The fourth-order valence-corrected chi connectivity index (χ4v) is 1.65. The topological polar surface area (TPSA) is 12.0 Å². The maximum atomic E-state index is 13.9. The first-order valence-electron chi connectivity index (χ1n) is 6.35.